The van der Waals surface area contributed by atoms with E-state index in [1.165, 1.54) is 11.8 Å². The first-order chi connectivity index (χ1) is 11.5. The molecule has 2 N–H and O–H groups in total. The van der Waals surface area contributed by atoms with Crippen LogP contribution in [0.4, 0.5) is 5.69 Å². The molecule has 1 aromatic carbocycles. The van der Waals surface area contributed by atoms with Crippen LogP contribution in [-0.2, 0) is 9.59 Å². The molecule has 8 heteroatoms. The van der Waals surface area contributed by atoms with Gasteiger partial charge in [0.1, 0.15) is 11.0 Å². The first-order valence-corrected chi connectivity index (χ1v) is 8.42. The maximum absolute atomic E-state index is 12.1. The summed E-state index contributed by atoms with van der Waals surface area (Å²) in [5.41, 5.74) is 1.53. The van der Waals surface area contributed by atoms with E-state index in [1.54, 1.807) is 31.4 Å². The second kappa shape index (κ2) is 8.49. The minimum atomic E-state index is -0.501. The summed E-state index contributed by atoms with van der Waals surface area (Å²) in [6.45, 7) is 3.84. The Hall–Kier alpha value is -2.35. The van der Waals surface area contributed by atoms with Gasteiger partial charge in [-0.15, -0.1) is 5.10 Å². The zero-order chi connectivity index (χ0) is 17.5. The van der Waals surface area contributed by atoms with Crippen LogP contribution in [0.3, 0.4) is 0 Å². The van der Waals surface area contributed by atoms with E-state index in [-0.39, 0.29) is 18.2 Å². The van der Waals surface area contributed by atoms with Crippen LogP contribution >= 0.6 is 11.8 Å². The van der Waals surface area contributed by atoms with Gasteiger partial charge in [-0.25, -0.2) is 0 Å². The van der Waals surface area contributed by atoms with Crippen molar-refractivity contribution in [2.45, 2.75) is 31.9 Å². The highest BCUT2D eigenvalue weighted by Crippen LogP contribution is 2.23. The molecule has 1 heterocycles. The van der Waals surface area contributed by atoms with Crippen LogP contribution in [0.1, 0.15) is 26.7 Å². The van der Waals surface area contributed by atoms with Crippen molar-refractivity contribution in [1.82, 2.24) is 5.32 Å². The Morgan fingerprint density at radius 2 is 2.08 bits per heavy atom. The number of carbonyl (C=O) groups excluding carboxylic acids is 2. The number of benzene rings is 1. The average Bonchev–Trinajstić information content (AvgIpc) is 2.93. The topological polar surface area (TPSA) is 92.2 Å². The van der Waals surface area contributed by atoms with Crippen LogP contribution in [0.15, 0.2) is 34.5 Å². The number of anilines is 1. The summed E-state index contributed by atoms with van der Waals surface area (Å²) in [6, 6.07) is 7.00. The lowest BCUT2D eigenvalue weighted by atomic mass is 10.2. The van der Waals surface area contributed by atoms with Gasteiger partial charge in [0.25, 0.3) is 0 Å². The standard InChI is InChI=1S/C16H20N4O3S/c1-4-10(2)19-20-16-18-15(22)13(24-16)9-14(21)17-11-5-7-12(23-3)8-6-11/h5-8,13H,4,9H2,1-3H3,(H,17,21)(H,18,20,22)/b19-10+. The average molecular weight is 348 g/mol. The summed E-state index contributed by atoms with van der Waals surface area (Å²) in [6.07, 6.45) is 0.862. The number of rotatable bonds is 6. The van der Waals surface area contributed by atoms with E-state index in [0.29, 0.717) is 16.6 Å². The highest BCUT2D eigenvalue weighted by atomic mass is 32.2. The molecule has 24 heavy (non-hydrogen) atoms. The molecule has 1 unspecified atom stereocenters. The molecule has 1 aromatic rings. The number of carbonyl (C=O) groups is 2. The quantitative estimate of drug-likeness (QED) is 0.610. The van der Waals surface area contributed by atoms with Crippen LogP contribution in [0.25, 0.3) is 0 Å². The third-order valence-corrected chi connectivity index (χ3v) is 4.42. The number of amidine groups is 1. The lowest BCUT2D eigenvalue weighted by molar-refractivity contribution is -0.122. The van der Waals surface area contributed by atoms with E-state index < -0.39 is 5.25 Å². The van der Waals surface area contributed by atoms with Crippen molar-refractivity contribution in [3.8, 4) is 5.75 Å². The fraction of sp³-hybridized carbons (Fsp3) is 0.375. The van der Waals surface area contributed by atoms with E-state index in [4.69, 9.17) is 4.74 Å². The largest absolute Gasteiger partial charge is 0.497 e. The Bertz CT molecular complexity index is 670. The molecule has 128 valence electrons. The van der Waals surface area contributed by atoms with Gasteiger partial charge in [0, 0.05) is 17.8 Å². The second-order valence-electron chi connectivity index (χ2n) is 5.17. The molecule has 1 aliphatic heterocycles. The molecule has 7 nitrogen and oxygen atoms in total. The van der Waals surface area contributed by atoms with Gasteiger partial charge < -0.3 is 15.4 Å². The molecule has 1 fully saturated rings. The van der Waals surface area contributed by atoms with Gasteiger partial charge in [-0.3, -0.25) is 9.59 Å². The predicted octanol–water partition coefficient (Wildman–Crippen LogP) is 2.40. The van der Waals surface area contributed by atoms with E-state index in [1.807, 2.05) is 13.8 Å². The zero-order valence-corrected chi connectivity index (χ0v) is 14.6. The minimum Gasteiger partial charge on any atom is -0.497 e. The summed E-state index contributed by atoms with van der Waals surface area (Å²) in [7, 11) is 1.58. The summed E-state index contributed by atoms with van der Waals surface area (Å²) in [5.74, 6) is 0.248. The number of thioether (sulfide) groups is 1. The van der Waals surface area contributed by atoms with E-state index in [0.717, 1.165) is 12.1 Å². The Balaban J connectivity index is 1.90. The highest BCUT2D eigenvalue weighted by Gasteiger charge is 2.32. The van der Waals surface area contributed by atoms with Crippen molar-refractivity contribution in [2.24, 2.45) is 10.2 Å². The molecule has 1 atom stereocenters. The maximum atomic E-state index is 12.1. The number of ether oxygens (including phenoxy) is 1. The molecule has 0 aliphatic carbocycles. The van der Waals surface area contributed by atoms with Crippen molar-refractivity contribution in [3.05, 3.63) is 24.3 Å². The zero-order valence-electron chi connectivity index (χ0n) is 13.8. The number of nitrogens with zero attached hydrogens (tertiary/aromatic N) is 2. The Labute approximate surface area is 144 Å². The predicted molar refractivity (Wildman–Crippen MR) is 96.6 cm³/mol. The Morgan fingerprint density at radius 3 is 2.71 bits per heavy atom. The molecule has 0 spiro atoms. The molecule has 0 aromatic heterocycles. The molecular weight excluding hydrogens is 328 g/mol. The minimum absolute atomic E-state index is 0.0675. The van der Waals surface area contributed by atoms with Crippen LogP contribution < -0.4 is 15.4 Å². The van der Waals surface area contributed by atoms with Gasteiger partial charge >= 0.3 is 0 Å². The molecule has 2 amide bonds. The molecule has 0 radical (unpaired) electrons. The Morgan fingerprint density at radius 1 is 1.38 bits per heavy atom. The smallest absolute Gasteiger partial charge is 0.240 e. The van der Waals surface area contributed by atoms with Gasteiger partial charge in [-0.05, 0) is 37.6 Å². The van der Waals surface area contributed by atoms with Gasteiger partial charge in [0.05, 0.1) is 7.11 Å². The van der Waals surface area contributed by atoms with Crippen molar-refractivity contribution in [3.63, 3.8) is 0 Å². The normalized spacial score (nSPS) is 19.3. The summed E-state index contributed by atoms with van der Waals surface area (Å²) < 4.78 is 5.06. The first-order valence-electron chi connectivity index (χ1n) is 7.54. The van der Waals surface area contributed by atoms with E-state index >= 15 is 0 Å². The van der Waals surface area contributed by atoms with Crippen LogP contribution in [0.5, 0.6) is 5.75 Å². The second-order valence-corrected chi connectivity index (χ2v) is 6.36. The van der Waals surface area contributed by atoms with Gasteiger partial charge in [-0.2, -0.15) is 5.10 Å². The number of nitrogens with one attached hydrogen (secondary N) is 2. The number of amides is 2. The fourth-order valence-electron chi connectivity index (χ4n) is 1.84. The molecule has 0 saturated carbocycles. The third kappa shape index (κ3) is 5.09. The highest BCUT2D eigenvalue weighted by molar-refractivity contribution is 8.15. The summed E-state index contributed by atoms with van der Waals surface area (Å²) in [5, 5.41) is 13.3. The van der Waals surface area contributed by atoms with Crippen molar-refractivity contribution < 1.29 is 14.3 Å². The number of hydrogen-bond donors (Lipinski definition) is 2. The van der Waals surface area contributed by atoms with Gasteiger partial charge in [0.2, 0.25) is 11.8 Å². The number of hydrogen-bond acceptors (Lipinski definition) is 6. The van der Waals surface area contributed by atoms with Crippen molar-refractivity contribution >= 4 is 40.1 Å². The lowest BCUT2D eigenvalue weighted by Crippen LogP contribution is -2.28. The van der Waals surface area contributed by atoms with Gasteiger partial charge in [-0.1, -0.05) is 18.7 Å². The fourth-order valence-corrected chi connectivity index (χ4v) is 2.76. The van der Waals surface area contributed by atoms with Crippen molar-refractivity contribution in [2.75, 3.05) is 12.4 Å². The number of methoxy groups -OCH3 is 1. The molecule has 2 rings (SSSR count). The van der Waals surface area contributed by atoms with E-state index in [9.17, 15) is 9.59 Å². The SMILES string of the molecule is CC/C(C)=N/N=C1/NC(=O)C(CC(=O)Nc2ccc(OC)cc2)S1. The first kappa shape index (κ1) is 18.0. The monoisotopic (exact) mass is 348 g/mol. The maximum Gasteiger partial charge on any atom is 0.240 e. The molecule has 0 bridgehead atoms. The van der Waals surface area contributed by atoms with E-state index in [2.05, 4.69) is 20.8 Å². The summed E-state index contributed by atoms with van der Waals surface area (Å²) in [4.78, 5) is 24.0. The Kier molecular flexibility index (Phi) is 6.36. The molecule has 1 saturated heterocycles. The molecular formula is C16H20N4O3S. The summed E-state index contributed by atoms with van der Waals surface area (Å²) >= 11 is 1.22. The van der Waals surface area contributed by atoms with Crippen molar-refractivity contribution in [1.29, 1.82) is 0 Å². The van der Waals surface area contributed by atoms with Crippen LogP contribution in [0.2, 0.25) is 0 Å². The van der Waals surface area contributed by atoms with Crippen LogP contribution in [-0.4, -0.2) is 35.1 Å². The lowest BCUT2D eigenvalue weighted by Gasteiger charge is -2.08. The third-order valence-electron chi connectivity index (χ3n) is 3.34. The molecule has 1 aliphatic rings. The van der Waals surface area contributed by atoms with Gasteiger partial charge in [0.15, 0.2) is 5.17 Å². The van der Waals surface area contributed by atoms with Crippen LogP contribution in [0, 0.1) is 0 Å².